The Balaban J connectivity index is 1.99. The second kappa shape index (κ2) is 5.15. The first-order chi connectivity index (χ1) is 9.22. The van der Waals surface area contributed by atoms with Crippen molar-refractivity contribution in [2.75, 3.05) is 26.2 Å². The summed E-state index contributed by atoms with van der Waals surface area (Å²) in [6, 6.07) is 7.74. The number of nitrogens with one attached hydrogen (secondary N) is 1. The molecule has 100 valence electrons. The number of aryl methyl sites for hydroxylation is 1. The standard InChI is InChI=1S/C15H18N2O2/c1-11-2-3-13-12(9-15(18)19-14(13)8-11)10-17-6-4-16-5-7-17/h2-3,8-9,16H,4-7,10H2,1H3/p+2. The van der Waals surface area contributed by atoms with Crippen molar-refractivity contribution >= 4 is 11.0 Å². The van der Waals surface area contributed by atoms with E-state index in [2.05, 4.69) is 17.4 Å². The van der Waals surface area contributed by atoms with Crippen LogP contribution in [-0.2, 0) is 6.54 Å². The number of rotatable bonds is 2. The fraction of sp³-hybridized carbons (Fsp3) is 0.400. The number of quaternary nitrogens is 2. The first-order valence-corrected chi connectivity index (χ1v) is 6.91. The van der Waals surface area contributed by atoms with Crippen molar-refractivity contribution in [3.05, 3.63) is 45.8 Å². The predicted octanol–water partition coefficient (Wildman–Crippen LogP) is -0.937. The van der Waals surface area contributed by atoms with E-state index in [-0.39, 0.29) is 5.63 Å². The molecule has 4 nitrogen and oxygen atoms in total. The van der Waals surface area contributed by atoms with E-state index < -0.39 is 0 Å². The third-order valence-corrected chi connectivity index (χ3v) is 3.83. The number of benzene rings is 1. The van der Waals surface area contributed by atoms with Gasteiger partial charge in [0.2, 0.25) is 0 Å². The fourth-order valence-electron chi connectivity index (χ4n) is 2.81. The number of hydrogen-bond acceptors (Lipinski definition) is 2. The Labute approximate surface area is 112 Å². The third-order valence-electron chi connectivity index (χ3n) is 3.83. The van der Waals surface area contributed by atoms with Crippen molar-refractivity contribution in [2.45, 2.75) is 13.5 Å². The van der Waals surface area contributed by atoms with Crippen molar-refractivity contribution in [3.63, 3.8) is 0 Å². The quantitative estimate of drug-likeness (QED) is 0.685. The average Bonchev–Trinajstić information content (AvgIpc) is 2.39. The fourth-order valence-corrected chi connectivity index (χ4v) is 2.81. The van der Waals surface area contributed by atoms with E-state index in [0.29, 0.717) is 5.58 Å². The minimum Gasteiger partial charge on any atom is -0.423 e. The van der Waals surface area contributed by atoms with Crippen LogP contribution in [0.15, 0.2) is 33.5 Å². The zero-order chi connectivity index (χ0) is 13.2. The lowest BCUT2D eigenvalue weighted by atomic mass is 10.1. The molecule has 0 bridgehead atoms. The van der Waals surface area contributed by atoms with Gasteiger partial charge in [-0.1, -0.05) is 12.1 Å². The molecule has 4 heteroatoms. The molecule has 0 radical (unpaired) electrons. The molecule has 3 rings (SSSR count). The molecule has 2 aromatic rings. The molecule has 0 amide bonds. The number of hydrogen-bond donors (Lipinski definition) is 2. The van der Waals surface area contributed by atoms with Crippen LogP contribution in [0.5, 0.6) is 0 Å². The monoisotopic (exact) mass is 260 g/mol. The maximum Gasteiger partial charge on any atom is 0.336 e. The summed E-state index contributed by atoms with van der Waals surface area (Å²) in [6.45, 7) is 7.60. The second-order valence-corrected chi connectivity index (χ2v) is 5.38. The van der Waals surface area contributed by atoms with Crippen LogP contribution in [0.2, 0.25) is 0 Å². The van der Waals surface area contributed by atoms with Gasteiger partial charge in [-0.2, -0.15) is 0 Å². The Kier molecular flexibility index (Phi) is 3.36. The molecule has 1 fully saturated rings. The predicted molar refractivity (Wildman–Crippen MR) is 73.3 cm³/mol. The summed E-state index contributed by atoms with van der Waals surface area (Å²) in [6.07, 6.45) is 0. The van der Waals surface area contributed by atoms with Crippen LogP contribution < -0.4 is 15.8 Å². The highest BCUT2D eigenvalue weighted by molar-refractivity contribution is 5.80. The molecule has 0 atom stereocenters. The summed E-state index contributed by atoms with van der Waals surface area (Å²) in [5.74, 6) is 0. The smallest absolute Gasteiger partial charge is 0.336 e. The zero-order valence-corrected chi connectivity index (χ0v) is 11.2. The molecular formula is C15H20N2O2+2. The molecule has 0 unspecified atom stereocenters. The second-order valence-electron chi connectivity index (χ2n) is 5.38. The van der Waals surface area contributed by atoms with Gasteiger partial charge in [-0.05, 0) is 18.6 Å². The summed E-state index contributed by atoms with van der Waals surface area (Å²) in [5, 5.41) is 3.43. The topological polar surface area (TPSA) is 51.3 Å². The van der Waals surface area contributed by atoms with E-state index in [0.717, 1.165) is 36.1 Å². The van der Waals surface area contributed by atoms with Crippen LogP contribution in [-0.4, -0.2) is 26.2 Å². The Morgan fingerprint density at radius 2 is 2.05 bits per heavy atom. The molecule has 0 aliphatic carbocycles. The van der Waals surface area contributed by atoms with Crippen molar-refractivity contribution in [3.8, 4) is 0 Å². The van der Waals surface area contributed by atoms with E-state index >= 15 is 0 Å². The van der Waals surface area contributed by atoms with Gasteiger partial charge in [-0.3, -0.25) is 0 Å². The van der Waals surface area contributed by atoms with Gasteiger partial charge in [0.25, 0.3) is 0 Å². The average molecular weight is 260 g/mol. The lowest BCUT2D eigenvalue weighted by molar-refractivity contribution is -0.957. The maximum atomic E-state index is 11.7. The molecule has 0 spiro atoms. The largest absolute Gasteiger partial charge is 0.423 e. The Morgan fingerprint density at radius 1 is 1.26 bits per heavy atom. The Bertz CT molecular complexity index is 642. The molecule has 2 heterocycles. The minimum absolute atomic E-state index is 0.240. The third kappa shape index (κ3) is 2.69. The van der Waals surface area contributed by atoms with E-state index in [4.69, 9.17) is 4.42 Å². The Hall–Kier alpha value is -1.65. The lowest BCUT2D eigenvalue weighted by Gasteiger charge is -2.22. The highest BCUT2D eigenvalue weighted by Crippen LogP contribution is 2.17. The molecule has 0 saturated carbocycles. The van der Waals surface area contributed by atoms with Gasteiger partial charge in [-0.15, -0.1) is 0 Å². The normalized spacial score (nSPS) is 16.9. The van der Waals surface area contributed by atoms with Gasteiger partial charge >= 0.3 is 5.63 Å². The van der Waals surface area contributed by atoms with Crippen LogP contribution in [0.3, 0.4) is 0 Å². The van der Waals surface area contributed by atoms with Crippen molar-refractivity contribution in [1.82, 2.24) is 0 Å². The number of nitrogens with two attached hydrogens (primary N) is 1. The zero-order valence-electron chi connectivity index (χ0n) is 11.2. The summed E-state index contributed by atoms with van der Waals surface area (Å²) >= 11 is 0. The van der Waals surface area contributed by atoms with Gasteiger partial charge in [-0.25, -0.2) is 4.79 Å². The minimum atomic E-state index is -0.240. The first-order valence-electron chi connectivity index (χ1n) is 6.91. The van der Waals surface area contributed by atoms with E-state index in [1.807, 2.05) is 13.0 Å². The van der Waals surface area contributed by atoms with E-state index in [1.165, 1.54) is 13.1 Å². The molecule has 3 N–H and O–H groups in total. The van der Waals surface area contributed by atoms with Crippen LogP contribution in [0.4, 0.5) is 0 Å². The summed E-state index contributed by atoms with van der Waals surface area (Å²) in [4.78, 5) is 13.2. The SMILES string of the molecule is Cc1ccc2c(C[NH+]3CC[NH2+]CC3)cc(=O)oc2c1. The van der Waals surface area contributed by atoms with Crippen molar-refractivity contribution < 1.29 is 14.6 Å². The van der Waals surface area contributed by atoms with Gasteiger partial charge in [0.1, 0.15) is 38.3 Å². The molecule has 1 aromatic carbocycles. The highest BCUT2D eigenvalue weighted by atomic mass is 16.4. The highest BCUT2D eigenvalue weighted by Gasteiger charge is 2.18. The summed E-state index contributed by atoms with van der Waals surface area (Å²) in [5.41, 5.74) is 2.71. The molecule has 1 aromatic heterocycles. The van der Waals surface area contributed by atoms with Crippen LogP contribution in [0, 0.1) is 6.92 Å². The van der Waals surface area contributed by atoms with Gasteiger partial charge in [0, 0.05) is 17.0 Å². The summed E-state index contributed by atoms with van der Waals surface area (Å²) in [7, 11) is 0. The van der Waals surface area contributed by atoms with E-state index in [1.54, 1.807) is 11.0 Å². The van der Waals surface area contributed by atoms with Crippen LogP contribution in [0.1, 0.15) is 11.1 Å². The van der Waals surface area contributed by atoms with Gasteiger partial charge in [0.05, 0.1) is 0 Å². The van der Waals surface area contributed by atoms with Crippen LogP contribution >= 0.6 is 0 Å². The van der Waals surface area contributed by atoms with Gasteiger partial charge in [0.15, 0.2) is 0 Å². The van der Waals surface area contributed by atoms with Crippen molar-refractivity contribution in [2.24, 2.45) is 0 Å². The maximum absolute atomic E-state index is 11.7. The van der Waals surface area contributed by atoms with Gasteiger partial charge < -0.3 is 14.6 Å². The molecular weight excluding hydrogens is 240 g/mol. The van der Waals surface area contributed by atoms with E-state index in [9.17, 15) is 4.79 Å². The Morgan fingerprint density at radius 3 is 2.84 bits per heavy atom. The molecule has 1 saturated heterocycles. The van der Waals surface area contributed by atoms with Crippen LogP contribution in [0.25, 0.3) is 11.0 Å². The number of fused-ring (bicyclic) bond motifs is 1. The lowest BCUT2D eigenvalue weighted by Crippen LogP contribution is -3.19. The molecule has 1 aliphatic rings. The van der Waals surface area contributed by atoms with Crippen molar-refractivity contribution in [1.29, 1.82) is 0 Å². The molecule has 1 aliphatic heterocycles. The first kappa shape index (κ1) is 12.4. The number of piperazine rings is 1. The summed E-state index contributed by atoms with van der Waals surface area (Å²) < 4.78 is 5.30. The molecule has 19 heavy (non-hydrogen) atoms.